The van der Waals surface area contributed by atoms with E-state index in [4.69, 9.17) is 11.5 Å². The lowest BCUT2D eigenvalue weighted by atomic mass is 10.1. The lowest BCUT2D eigenvalue weighted by Crippen LogP contribution is -2.14. The Kier molecular flexibility index (Phi) is 3.18. The third-order valence-corrected chi connectivity index (χ3v) is 2.73. The molecule has 0 atom stereocenters. The van der Waals surface area contributed by atoms with E-state index in [0.717, 1.165) is 5.56 Å². The summed E-state index contributed by atoms with van der Waals surface area (Å²) in [6.45, 7) is 0.490. The van der Waals surface area contributed by atoms with E-state index in [1.165, 1.54) is 0 Å². The first-order valence-corrected chi connectivity index (χ1v) is 5.48. The first-order chi connectivity index (χ1) is 8.59. The molecule has 0 unspecified atom stereocenters. The standard InChI is InChI=1S/C12H15N5O/c1-17-11(13)8(7-16-17)6-15-10-5-3-2-4-9(10)12(14)18/h2-5,7,15H,6,13H2,1H3,(H2,14,18). The second-order valence-corrected chi connectivity index (χ2v) is 3.94. The Hall–Kier alpha value is -2.50. The first-order valence-electron chi connectivity index (χ1n) is 5.48. The zero-order chi connectivity index (χ0) is 13.1. The van der Waals surface area contributed by atoms with Crippen molar-refractivity contribution in [2.75, 3.05) is 11.1 Å². The number of anilines is 2. The van der Waals surface area contributed by atoms with Crippen molar-refractivity contribution in [1.82, 2.24) is 9.78 Å². The fourth-order valence-corrected chi connectivity index (χ4v) is 1.67. The number of aryl methyl sites for hydroxylation is 1. The molecule has 0 aliphatic carbocycles. The molecule has 18 heavy (non-hydrogen) atoms. The molecule has 6 nitrogen and oxygen atoms in total. The van der Waals surface area contributed by atoms with Crippen LogP contribution >= 0.6 is 0 Å². The van der Waals surface area contributed by atoms with Crippen molar-refractivity contribution < 1.29 is 4.79 Å². The molecule has 0 saturated heterocycles. The number of nitrogens with two attached hydrogens (primary N) is 2. The van der Waals surface area contributed by atoms with Crippen LogP contribution in [0, 0.1) is 0 Å². The molecule has 1 aromatic carbocycles. The summed E-state index contributed by atoms with van der Waals surface area (Å²) in [5, 5.41) is 7.18. The van der Waals surface area contributed by atoms with Crippen LogP contribution in [0.1, 0.15) is 15.9 Å². The van der Waals surface area contributed by atoms with Gasteiger partial charge in [-0.15, -0.1) is 0 Å². The SMILES string of the molecule is Cn1ncc(CNc2ccccc2C(N)=O)c1N. The average molecular weight is 245 g/mol. The summed E-state index contributed by atoms with van der Waals surface area (Å²) >= 11 is 0. The Balaban J connectivity index is 2.16. The Morgan fingerprint density at radius 1 is 1.44 bits per heavy atom. The van der Waals surface area contributed by atoms with Gasteiger partial charge in [0.05, 0.1) is 11.8 Å². The molecule has 0 saturated carbocycles. The van der Waals surface area contributed by atoms with E-state index in [1.54, 1.807) is 36.1 Å². The highest BCUT2D eigenvalue weighted by Gasteiger charge is 2.08. The highest BCUT2D eigenvalue weighted by Crippen LogP contribution is 2.17. The maximum absolute atomic E-state index is 11.2. The van der Waals surface area contributed by atoms with Crippen LogP contribution in [-0.4, -0.2) is 15.7 Å². The number of carbonyl (C=O) groups is 1. The van der Waals surface area contributed by atoms with Crippen LogP contribution in [0.2, 0.25) is 0 Å². The molecule has 0 bridgehead atoms. The number of primary amides is 1. The van der Waals surface area contributed by atoms with Crippen molar-refractivity contribution in [3.05, 3.63) is 41.6 Å². The smallest absolute Gasteiger partial charge is 0.250 e. The third kappa shape index (κ3) is 2.27. The molecule has 0 spiro atoms. The molecular weight excluding hydrogens is 230 g/mol. The molecule has 0 aliphatic rings. The van der Waals surface area contributed by atoms with Crippen LogP contribution in [0.25, 0.3) is 0 Å². The molecule has 2 aromatic rings. The molecule has 0 aliphatic heterocycles. The summed E-state index contributed by atoms with van der Waals surface area (Å²) in [7, 11) is 1.77. The maximum Gasteiger partial charge on any atom is 0.250 e. The number of benzene rings is 1. The zero-order valence-corrected chi connectivity index (χ0v) is 10.1. The van der Waals surface area contributed by atoms with Gasteiger partial charge in [0, 0.05) is 24.8 Å². The molecule has 6 heteroatoms. The number of aromatic nitrogens is 2. The van der Waals surface area contributed by atoms with Gasteiger partial charge < -0.3 is 16.8 Å². The van der Waals surface area contributed by atoms with Crippen LogP contribution in [0.15, 0.2) is 30.5 Å². The molecule has 0 fully saturated rings. The predicted octanol–water partition coefficient (Wildman–Crippen LogP) is 0.713. The monoisotopic (exact) mass is 245 g/mol. The topological polar surface area (TPSA) is 99.0 Å². The molecule has 1 heterocycles. The number of hydrogen-bond acceptors (Lipinski definition) is 4. The molecular formula is C12H15N5O. The van der Waals surface area contributed by atoms with Crippen molar-refractivity contribution in [2.24, 2.45) is 12.8 Å². The minimum atomic E-state index is -0.461. The Bertz CT molecular complexity index is 576. The fourth-order valence-electron chi connectivity index (χ4n) is 1.67. The lowest BCUT2D eigenvalue weighted by molar-refractivity contribution is 0.100. The largest absolute Gasteiger partial charge is 0.384 e. The highest BCUT2D eigenvalue weighted by molar-refractivity contribution is 5.98. The summed E-state index contributed by atoms with van der Waals surface area (Å²) in [6.07, 6.45) is 1.69. The van der Waals surface area contributed by atoms with E-state index in [2.05, 4.69) is 10.4 Å². The lowest BCUT2D eigenvalue weighted by Gasteiger charge is -2.09. The van der Waals surface area contributed by atoms with E-state index in [-0.39, 0.29) is 0 Å². The van der Waals surface area contributed by atoms with Gasteiger partial charge in [0.15, 0.2) is 0 Å². The van der Waals surface area contributed by atoms with Crippen LogP contribution in [0.5, 0.6) is 0 Å². The molecule has 2 rings (SSSR count). The first kappa shape index (κ1) is 12.0. The predicted molar refractivity (Wildman–Crippen MR) is 69.9 cm³/mol. The molecule has 0 radical (unpaired) electrons. The number of nitrogens with one attached hydrogen (secondary N) is 1. The number of hydrogen-bond donors (Lipinski definition) is 3. The van der Waals surface area contributed by atoms with Gasteiger partial charge in [-0.25, -0.2) is 0 Å². The van der Waals surface area contributed by atoms with Gasteiger partial charge in [0.1, 0.15) is 5.82 Å². The van der Waals surface area contributed by atoms with Crippen molar-refractivity contribution in [3.63, 3.8) is 0 Å². The van der Waals surface area contributed by atoms with Crippen LogP contribution in [0.3, 0.4) is 0 Å². The normalized spacial score (nSPS) is 10.3. The van der Waals surface area contributed by atoms with Crippen LogP contribution in [0.4, 0.5) is 11.5 Å². The summed E-state index contributed by atoms with van der Waals surface area (Å²) in [6, 6.07) is 7.08. The van der Waals surface area contributed by atoms with Crippen molar-refractivity contribution in [2.45, 2.75) is 6.54 Å². The van der Waals surface area contributed by atoms with Gasteiger partial charge in [-0.2, -0.15) is 5.10 Å². The molecule has 1 amide bonds. The van der Waals surface area contributed by atoms with Gasteiger partial charge in [-0.1, -0.05) is 12.1 Å². The minimum Gasteiger partial charge on any atom is -0.384 e. The van der Waals surface area contributed by atoms with Crippen LogP contribution in [-0.2, 0) is 13.6 Å². The van der Waals surface area contributed by atoms with Gasteiger partial charge in [0.25, 0.3) is 5.91 Å². The second-order valence-electron chi connectivity index (χ2n) is 3.94. The third-order valence-electron chi connectivity index (χ3n) is 2.73. The Morgan fingerprint density at radius 2 is 2.17 bits per heavy atom. The van der Waals surface area contributed by atoms with E-state index in [0.29, 0.717) is 23.6 Å². The van der Waals surface area contributed by atoms with Gasteiger partial charge in [0.2, 0.25) is 0 Å². The summed E-state index contributed by atoms with van der Waals surface area (Å²) < 4.78 is 1.59. The number of para-hydroxylation sites is 1. The minimum absolute atomic E-state index is 0.458. The van der Waals surface area contributed by atoms with Gasteiger partial charge in [-0.3, -0.25) is 9.48 Å². The van der Waals surface area contributed by atoms with E-state index in [9.17, 15) is 4.79 Å². The molecule has 94 valence electrons. The van der Waals surface area contributed by atoms with Crippen molar-refractivity contribution in [3.8, 4) is 0 Å². The van der Waals surface area contributed by atoms with Crippen molar-refractivity contribution in [1.29, 1.82) is 0 Å². The van der Waals surface area contributed by atoms with Gasteiger partial charge >= 0.3 is 0 Å². The number of nitrogen functional groups attached to an aromatic ring is 1. The second kappa shape index (κ2) is 4.79. The number of carbonyl (C=O) groups excluding carboxylic acids is 1. The zero-order valence-electron chi connectivity index (χ0n) is 10.1. The number of nitrogens with zero attached hydrogens (tertiary/aromatic N) is 2. The molecule has 5 N–H and O–H groups in total. The number of rotatable bonds is 4. The van der Waals surface area contributed by atoms with Gasteiger partial charge in [-0.05, 0) is 12.1 Å². The summed E-state index contributed by atoms with van der Waals surface area (Å²) in [5.41, 5.74) is 13.1. The Labute approximate surface area is 105 Å². The van der Waals surface area contributed by atoms with Crippen molar-refractivity contribution >= 4 is 17.4 Å². The van der Waals surface area contributed by atoms with E-state index in [1.807, 2.05) is 6.07 Å². The number of amides is 1. The highest BCUT2D eigenvalue weighted by atomic mass is 16.1. The summed E-state index contributed by atoms with van der Waals surface area (Å²) in [4.78, 5) is 11.2. The maximum atomic E-state index is 11.2. The Morgan fingerprint density at radius 3 is 2.78 bits per heavy atom. The summed E-state index contributed by atoms with van der Waals surface area (Å²) in [5.74, 6) is 0.135. The average Bonchev–Trinajstić information content (AvgIpc) is 2.68. The fraction of sp³-hybridized carbons (Fsp3) is 0.167. The quantitative estimate of drug-likeness (QED) is 0.738. The van der Waals surface area contributed by atoms with Crippen LogP contribution < -0.4 is 16.8 Å². The van der Waals surface area contributed by atoms with E-state index >= 15 is 0 Å². The van der Waals surface area contributed by atoms with E-state index < -0.39 is 5.91 Å². The molecule has 1 aromatic heterocycles.